The summed E-state index contributed by atoms with van der Waals surface area (Å²) in [5, 5.41) is 0. The van der Waals surface area contributed by atoms with Crippen molar-refractivity contribution >= 4 is 5.91 Å². The van der Waals surface area contributed by atoms with Crippen LogP contribution in [-0.4, -0.2) is 10.9 Å². The van der Waals surface area contributed by atoms with Crippen LogP contribution in [0.3, 0.4) is 0 Å². The second kappa shape index (κ2) is 5.33. The second-order valence-corrected chi connectivity index (χ2v) is 3.64. The van der Waals surface area contributed by atoms with Crippen molar-refractivity contribution in [1.82, 2.24) is 10.4 Å². The number of carbonyl (C=O) groups excluding carboxylic acids is 1. The number of nitrogens with zero attached hydrogens (tertiary/aromatic N) is 1. The van der Waals surface area contributed by atoms with Crippen LogP contribution in [-0.2, 0) is 6.61 Å². The van der Waals surface area contributed by atoms with E-state index >= 15 is 0 Å². The SMILES string of the molecule is Cc1oc(C(=O)NN)cc1COc1cccnc1. The van der Waals surface area contributed by atoms with Crippen LogP contribution in [0.4, 0.5) is 0 Å². The van der Waals surface area contributed by atoms with E-state index in [0.29, 0.717) is 18.1 Å². The molecule has 94 valence electrons. The average Bonchev–Trinajstić information content (AvgIpc) is 2.78. The highest BCUT2D eigenvalue weighted by atomic mass is 16.5. The Morgan fingerprint density at radius 2 is 2.44 bits per heavy atom. The average molecular weight is 247 g/mol. The lowest BCUT2D eigenvalue weighted by atomic mass is 10.2. The Labute approximate surface area is 104 Å². The molecule has 0 aliphatic rings. The first-order chi connectivity index (χ1) is 8.70. The molecular weight excluding hydrogens is 234 g/mol. The van der Waals surface area contributed by atoms with Gasteiger partial charge >= 0.3 is 5.91 Å². The molecule has 0 saturated carbocycles. The van der Waals surface area contributed by atoms with Crippen molar-refractivity contribution in [2.75, 3.05) is 0 Å². The summed E-state index contributed by atoms with van der Waals surface area (Å²) >= 11 is 0. The van der Waals surface area contributed by atoms with E-state index in [4.69, 9.17) is 15.0 Å². The number of hydrogen-bond donors (Lipinski definition) is 2. The van der Waals surface area contributed by atoms with Crippen molar-refractivity contribution in [3.63, 3.8) is 0 Å². The molecule has 2 heterocycles. The second-order valence-electron chi connectivity index (χ2n) is 3.64. The molecule has 6 heteroatoms. The number of hydrazine groups is 1. The fraction of sp³-hybridized carbons (Fsp3) is 0.167. The number of amides is 1. The molecule has 0 spiro atoms. The molecule has 0 unspecified atom stereocenters. The molecule has 1 amide bonds. The molecule has 0 radical (unpaired) electrons. The molecule has 0 bridgehead atoms. The lowest BCUT2D eigenvalue weighted by molar-refractivity contribution is 0.0924. The topological polar surface area (TPSA) is 90.4 Å². The van der Waals surface area contributed by atoms with Gasteiger partial charge in [-0.1, -0.05) is 0 Å². The van der Waals surface area contributed by atoms with Gasteiger partial charge in [-0.3, -0.25) is 15.2 Å². The number of aryl methyl sites for hydroxylation is 1. The number of hydrogen-bond acceptors (Lipinski definition) is 5. The summed E-state index contributed by atoms with van der Waals surface area (Å²) in [4.78, 5) is 15.2. The predicted molar refractivity (Wildman–Crippen MR) is 63.7 cm³/mol. The number of aromatic nitrogens is 1. The maximum absolute atomic E-state index is 11.3. The zero-order valence-corrected chi connectivity index (χ0v) is 9.84. The number of ether oxygens (including phenoxy) is 1. The van der Waals surface area contributed by atoms with E-state index < -0.39 is 5.91 Å². The van der Waals surface area contributed by atoms with Crippen molar-refractivity contribution in [1.29, 1.82) is 0 Å². The fourth-order valence-electron chi connectivity index (χ4n) is 1.44. The molecule has 0 atom stereocenters. The summed E-state index contributed by atoms with van der Waals surface area (Å²) in [5.41, 5.74) is 2.80. The van der Waals surface area contributed by atoms with E-state index in [-0.39, 0.29) is 5.76 Å². The molecule has 2 aromatic rings. The van der Waals surface area contributed by atoms with Crippen LogP contribution in [0.15, 0.2) is 35.0 Å². The highest BCUT2D eigenvalue weighted by Crippen LogP contribution is 2.17. The normalized spacial score (nSPS) is 10.1. The Kier molecular flexibility index (Phi) is 3.59. The first-order valence-corrected chi connectivity index (χ1v) is 5.34. The van der Waals surface area contributed by atoms with Crippen molar-refractivity contribution in [2.45, 2.75) is 13.5 Å². The molecule has 0 aliphatic carbocycles. The first-order valence-electron chi connectivity index (χ1n) is 5.34. The highest BCUT2D eigenvalue weighted by molar-refractivity contribution is 5.91. The minimum atomic E-state index is -0.467. The quantitative estimate of drug-likeness (QED) is 0.480. The molecule has 0 aliphatic heterocycles. The molecule has 2 rings (SSSR count). The first kappa shape index (κ1) is 12.1. The van der Waals surface area contributed by atoms with Gasteiger partial charge in [-0.2, -0.15) is 0 Å². The largest absolute Gasteiger partial charge is 0.487 e. The van der Waals surface area contributed by atoms with E-state index in [1.807, 2.05) is 5.43 Å². The van der Waals surface area contributed by atoms with Crippen LogP contribution >= 0.6 is 0 Å². The Morgan fingerprint density at radius 1 is 1.61 bits per heavy atom. The van der Waals surface area contributed by atoms with E-state index in [2.05, 4.69) is 4.98 Å². The standard InChI is InChI=1S/C12H13N3O3/c1-8-9(5-11(18-8)12(16)15-13)7-17-10-3-2-4-14-6-10/h2-6H,7,13H2,1H3,(H,15,16). The molecule has 18 heavy (non-hydrogen) atoms. The molecule has 6 nitrogen and oxygen atoms in total. The summed E-state index contributed by atoms with van der Waals surface area (Å²) in [6.07, 6.45) is 3.28. The number of carbonyl (C=O) groups is 1. The van der Waals surface area contributed by atoms with Gasteiger partial charge in [-0.05, 0) is 25.1 Å². The summed E-state index contributed by atoms with van der Waals surface area (Å²) in [6, 6.07) is 5.19. The van der Waals surface area contributed by atoms with Crippen molar-refractivity contribution in [3.8, 4) is 5.75 Å². The molecule has 0 saturated heterocycles. The lowest BCUT2D eigenvalue weighted by Crippen LogP contribution is -2.29. The van der Waals surface area contributed by atoms with Crippen LogP contribution in [0.2, 0.25) is 0 Å². The number of nitrogens with two attached hydrogens (primary N) is 1. The Balaban J connectivity index is 2.06. The minimum absolute atomic E-state index is 0.166. The number of nitrogens with one attached hydrogen (secondary N) is 1. The van der Waals surface area contributed by atoms with Gasteiger partial charge in [0.15, 0.2) is 5.76 Å². The van der Waals surface area contributed by atoms with Gasteiger partial charge in [0, 0.05) is 11.8 Å². The fourth-order valence-corrected chi connectivity index (χ4v) is 1.44. The Morgan fingerprint density at radius 3 is 3.11 bits per heavy atom. The van der Waals surface area contributed by atoms with Gasteiger partial charge in [0.25, 0.3) is 0 Å². The zero-order chi connectivity index (χ0) is 13.0. The molecule has 0 fully saturated rings. The smallest absolute Gasteiger partial charge is 0.300 e. The number of furan rings is 1. The van der Waals surface area contributed by atoms with E-state index in [0.717, 1.165) is 5.56 Å². The molecule has 0 aromatic carbocycles. The maximum atomic E-state index is 11.3. The predicted octanol–water partition coefficient (Wildman–Crippen LogP) is 1.17. The van der Waals surface area contributed by atoms with Crippen molar-refractivity contribution < 1.29 is 13.9 Å². The van der Waals surface area contributed by atoms with Gasteiger partial charge in [0.1, 0.15) is 18.1 Å². The van der Waals surface area contributed by atoms with Gasteiger partial charge in [0.2, 0.25) is 0 Å². The van der Waals surface area contributed by atoms with Crippen molar-refractivity contribution in [2.24, 2.45) is 5.84 Å². The van der Waals surface area contributed by atoms with E-state index in [9.17, 15) is 4.79 Å². The van der Waals surface area contributed by atoms with E-state index in [1.165, 1.54) is 0 Å². The number of rotatable bonds is 4. The highest BCUT2D eigenvalue weighted by Gasteiger charge is 2.13. The van der Waals surface area contributed by atoms with Gasteiger partial charge in [-0.15, -0.1) is 0 Å². The third kappa shape index (κ3) is 2.67. The third-order valence-electron chi connectivity index (χ3n) is 2.40. The van der Waals surface area contributed by atoms with Crippen LogP contribution in [0.25, 0.3) is 0 Å². The van der Waals surface area contributed by atoms with Crippen LogP contribution in [0.1, 0.15) is 21.9 Å². The van der Waals surface area contributed by atoms with Crippen molar-refractivity contribution in [3.05, 3.63) is 47.7 Å². The van der Waals surface area contributed by atoms with Crippen LogP contribution < -0.4 is 16.0 Å². The Hall–Kier alpha value is -2.34. The molecular formula is C12H13N3O3. The molecule has 2 aromatic heterocycles. The number of nitrogen functional groups attached to an aromatic ring is 1. The zero-order valence-electron chi connectivity index (χ0n) is 9.84. The lowest BCUT2D eigenvalue weighted by Gasteiger charge is -2.03. The minimum Gasteiger partial charge on any atom is -0.487 e. The van der Waals surface area contributed by atoms with Gasteiger partial charge in [-0.25, -0.2) is 5.84 Å². The Bertz CT molecular complexity index is 537. The third-order valence-corrected chi connectivity index (χ3v) is 2.40. The van der Waals surface area contributed by atoms with Crippen LogP contribution in [0, 0.1) is 6.92 Å². The van der Waals surface area contributed by atoms with E-state index in [1.54, 1.807) is 37.5 Å². The van der Waals surface area contributed by atoms with Gasteiger partial charge in [0.05, 0.1) is 6.20 Å². The monoisotopic (exact) mass is 247 g/mol. The van der Waals surface area contributed by atoms with Gasteiger partial charge < -0.3 is 9.15 Å². The van der Waals surface area contributed by atoms with Crippen LogP contribution in [0.5, 0.6) is 5.75 Å². The summed E-state index contributed by atoms with van der Waals surface area (Å²) in [5.74, 6) is 6.01. The summed E-state index contributed by atoms with van der Waals surface area (Å²) in [7, 11) is 0. The maximum Gasteiger partial charge on any atom is 0.300 e. The number of pyridine rings is 1. The molecule has 3 N–H and O–H groups in total. The summed E-state index contributed by atoms with van der Waals surface area (Å²) < 4.78 is 10.8. The summed E-state index contributed by atoms with van der Waals surface area (Å²) in [6.45, 7) is 2.06.